The molecule has 0 aliphatic rings. The second kappa shape index (κ2) is 9.71. The number of ether oxygens (including phenoxy) is 1. The van der Waals surface area contributed by atoms with Crippen molar-refractivity contribution >= 4 is 35.1 Å². The van der Waals surface area contributed by atoms with E-state index in [4.69, 9.17) is 27.9 Å². The molecule has 2 rings (SSSR count). The van der Waals surface area contributed by atoms with Gasteiger partial charge in [0.05, 0.1) is 6.61 Å². The molecule has 0 fully saturated rings. The van der Waals surface area contributed by atoms with Crippen molar-refractivity contribution in [2.24, 2.45) is 0 Å². The van der Waals surface area contributed by atoms with Gasteiger partial charge in [-0.15, -0.1) is 0 Å². The van der Waals surface area contributed by atoms with Crippen LogP contribution in [-0.4, -0.2) is 36.6 Å². The Balaban J connectivity index is 2.56. The molecule has 0 saturated carbocycles. The van der Waals surface area contributed by atoms with Crippen LogP contribution in [0.15, 0.2) is 42.5 Å². The number of hydrogen-bond donors (Lipinski definition) is 0. The van der Waals surface area contributed by atoms with Gasteiger partial charge in [0.2, 0.25) is 5.91 Å². The Morgan fingerprint density at radius 3 is 2.07 bits per heavy atom. The number of amides is 1. The first-order chi connectivity index (χ1) is 14.0. The molecule has 1 amide bonds. The maximum Gasteiger partial charge on any atom is 0.404 e. The molecule has 2 aromatic rings. The number of esters is 1. The lowest BCUT2D eigenvalue weighted by Gasteiger charge is -2.31. The molecule has 2 aromatic carbocycles. The summed E-state index contributed by atoms with van der Waals surface area (Å²) in [6.45, 7) is 3.38. The molecule has 2 unspecified atom stereocenters. The molecule has 4 nitrogen and oxygen atoms in total. The van der Waals surface area contributed by atoms with E-state index in [-0.39, 0.29) is 16.7 Å². The third-order valence-electron chi connectivity index (χ3n) is 4.50. The fraction of sp³-hybridized carbons (Fsp3) is 0.333. The molecular weight excluding hydrogens is 442 g/mol. The fourth-order valence-corrected chi connectivity index (χ4v) is 3.65. The quantitative estimate of drug-likeness (QED) is 0.517. The summed E-state index contributed by atoms with van der Waals surface area (Å²) in [5.74, 6) is -4.87. The summed E-state index contributed by atoms with van der Waals surface area (Å²) in [4.78, 5) is 26.4. The Kier molecular flexibility index (Phi) is 7.77. The number of nitrogens with zero attached hydrogens (tertiary/aromatic N) is 1. The van der Waals surface area contributed by atoms with Crippen LogP contribution in [0.25, 0.3) is 0 Å². The third-order valence-corrected chi connectivity index (χ3v) is 5.16. The standard InChI is InChI=1S/C21H20Cl2F3NO3/c1-4-30-20(29)18(13-10-8-12(2)9-11-13)27(3)19(28)17(21(24,25)26)16-14(22)6-5-7-15(16)23/h5-11,17-18H,4H2,1-3H3. The van der Waals surface area contributed by atoms with Crippen LogP contribution in [0.3, 0.4) is 0 Å². The number of alkyl halides is 3. The van der Waals surface area contributed by atoms with Crippen molar-refractivity contribution in [1.29, 1.82) is 0 Å². The molecule has 0 N–H and O–H groups in total. The Hall–Kier alpha value is -2.25. The van der Waals surface area contributed by atoms with Gasteiger partial charge in [0.25, 0.3) is 0 Å². The summed E-state index contributed by atoms with van der Waals surface area (Å²) < 4.78 is 46.9. The monoisotopic (exact) mass is 461 g/mol. The molecule has 0 aliphatic heterocycles. The molecule has 0 spiro atoms. The molecule has 2 atom stereocenters. The van der Waals surface area contributed by atoms with E-state index < -0.39 is 35.6 Å². The largest absolute Gasteiger partial charge is 0.464 e. The lowest BCUT2D eigenvalue weighted by atomic mass is 9.95. The summed E-state index contributed by atoms with van der Waals surface area (Å²) in [5, 5.41) is -0.593. The fourth-order valence-electron chi connectivity index (χ4n) is 3.03. The van der Waals surface area contributed by atoms with E-state index in [9.17, 15) is 22.8 Å². The van der Waals surface area contributed by atoms with Gasteiger partial charge in [0.1, 0.15) is 0 Å². The molecule has 0 saturated heterocycles. The predicted octanol–water partition coefficient (Wildman–Crippen LogP) is 5.71. The number of carbonyl (C=O) groups is 2. The number of rotatable bonds is 6. The van der Waals surface area contributed by atoms with E-state index in [0.29, 0.717) is 5.56 Å². The van der Waals surface area contributed by atoms with Crippen molar-refractivity contribution < 1.29 is 27.5 Å². The molecule has 0 aromatic heterocycles. The molecule has 162 valence electrons. The van der Waals surface area contributed by atoms with Crippen molar-refractivity contribution in [3.63, 3.8) is 0 Å². The topological polar surface area (TPSA) is 46.6 Å². The van der Waals surface area contributed by atoms with Crippen LogP contribution >= 0.6 is 23.2 Å². The first-order valence-corrected chi connectivity index (χ1v) is 9.75. The zero-order valence-corrected chi connectivity index (χ0v) is 18.0. The predicted molar refractivity (Wildman–Crippen MR) is 109 cm³/mol. The second-order valence-electron chi connectivity index (χ2n) is 6.62. The number of hydrogen-bond acceptors (Lipinski definition) is 3. The summed E-state index contributed by atoms with van der Waals surface area (Å²) in [6.07, 6.45) is -4.99. The number of benzene rings is 2. The lowest BCUT2D eigenvalue weighted by Crippen LogP contribution is -2.43. The number of likely N-dealkylation sites (N-methyl/N-ethyl adjacent to an activating group) is 1. The van der Waals surface area contributed by atoms with Crippen molar-refractivity contribution in [1.82, 2.24) is 4.90 Å². The first kappa shape index (κ1) is 24.0. The van der Waals surface area contributed by atoms with Crippen LogP contribution in [0.5, 0.6) is 0 Å². The Morgan fingerprint density at radius 1 is 1.07 bits per heavy atom. The van der Waals surface area contributed by atoms with E-state index in [2.05, 4.69) is 0 Å². The van der Waals surface area contributed by atoms with Gasteiger partial charge in [0, 0.05) is 22.7 Å². The van der Waals surface area contributed by atoms with Gasteiger partial charge in [-0.25, -0.2) is 4.79 Å². The van der Waals surface area contributed by atoms with Gasteiger partial charge in [-0.2, -0.15) is 13.2 Å². The first-order valence-electron chi connectivity index (χ1n) is 8.99. The van der Waals surface area contributed by atoms with Gasteiger partial charge >= 0.3 is 12.1 Å². The van der Waals surface area contributed by atoms with Crippen LogP contribution in [0.2, 0.25) is 10.0 Å². The lowest BCUT2D eigenvalue weighted by molar-refractivity contribution is -0.176. The summed E-state index contributed by atoms with van der Waals surface area (Å²) in [6, 6.07) is 8.94. The minimum absolute atomic E-state index is 0.00225. The summed E-state index contributed by atoms with van der Waals surface area (Å²) in [5.41, 5.74) is 0.643. The SMILES string of the molecule is CCOC(=O)C(c1ccc(C)cc1)N(C)C(=O)C(c1c(Cl)cccc1Cl)C(F)(F)F. The van der Waals surface area contributed by atoms with E-state index in [0.717, 1.165) is 17.5 Å². The zero-order chi connectivity index (χ0) is 22.6. The van der Waals surface area contributed by atoms with E-state index in [1.54, 1.807) is 31.2 Å². The minimum Gasteiger partial charge on any atom is -0.464 e. The van der Waals surface area contributed by atoms with E-state index in [1.807, 2.05) is 6.92 Å². The van der Waals surface area contributed by atoms with E-state index >= 15 is 0 Å². The van der Waals surface area contributed by atoms with Crippen LogP contribution in [0.4, 0.5) is 13.2 Å². The molecule has 0 bridgehead atoms. The molecule has 9 heteroatoms. The average molecular weight is 462 g/mol. The van der Waals surface area contributed by atoms with Gasteiger partial charge in [0.15, 0.2) is 12.0 Å². The molecule has 0 aliphatic carbocycles. The van der Waals surface area contributed by atoms with Crippen molar-refractivity contribution in [2.75, 3.05) is 13.7 Å². The van der Waals surface area contributed by atoms with Gasteiger partial charge in [-0.1, -0.05) is 59.1 Å². The molecule has 0 radical (unpaired) electrons. The Labute approximate surface area is 182 Å². The zero-order valence-electron chi connectivity index (χ0n) is 16.5. The number of aryl methyl sites for hydroxylation is 1. The normalized spacial score (nSPS) is 13.5. The highest BCUT2D eigenvalue weighted by molar-refractivity contribution is 6.36. The maximum atomic E-state index is 14.0. The highest BCUT2D eigenvalue weighted by Crippen LogP contribution is 2.43. The van der Waals surface area contributed by atoms with Crippen molar-refractivity contribution in [3.8, 4) is 0 Å². The number of carbonyl (C=O) groups excluding carboxylic acids is 2. The van der Waals surface area contributed by atoms with Gasteiger partial charge in [-0.3, -0.25) is 4.79 Å². The van der Waals surface area contributed by atoms with Crippen LogP contribution in [0.1, 0.15) is 35.6 Å². The maximum absolute atomic E-state index is 14.0. The smallest absolute Gasteiger partial charge is 0.404 e. The van der Waals surface area contributed by atoms with Crippen LogP contribution < -0.4 is 0 Å². The summed E-state index contributed by atoms with van der Waals surface area (Å²) >= 11 is 11.9. The minimum atomic E-state index is -4.99. The van der Waals surface area contributed by atoms with Crippen molar-refractivity contribution in [3.05, 3.63) is 69.2 Å². The molecule has 0 heterocycles. The number of halogens is 5. The third kappa shape index (κ3) is 5.26. The van der Waals surface area contributed by atoms with E-state index in [1.165, 1.54) is 18.2 Å². The molecular formula is C21H20Cl2F3NO3. The highest BCUT2D eigenvalue weighted by Gasteiger charge is 2.50. The van der Waals surface area contributed by atoms with Gasteiger partial charge in [-0.05, 0) is 31.5 Å². The Morgan fingerprint density at radius 2 is 1.60 bits per heavy atom. The second-order valence-corrected chi connectivity index (χ2v) is 7.44. The van der Waals surface area contributed by atoms with Crippen molar-refractivity contribution in [2.45, 2.75) is 32.0 Å². The Bertz CT molecular complexity index is 896. The van der Waals surface area contributed by atoms with Gasteiger partial charge < -0.3 is 9.64 Å². The highest BCUT2D eigenvalue weighted by atomic mass is 35.5. The average Bonchev–Trinajstić information content (AvgIpc) is 2.65. The van der Waals surface area contributed by atoms with Crippen LogP contribution in [0, 0.1) is 6.92 Å². The molecule has 30 heavy (non-hydrogen) atoms. The van der Waals surface area contributed by atoms with Crippen LogP contribution in [-0.2, 0) is 14.3 Å². The summed E-state index contributed by atoms with van der Waals surface area (Å²) in [7, 11) is 1.12.